The van der Waals surface area contributed by atoms with E-state index in [2.05, 4.69) is 46.0 Å². The van der Waals surface area contributed by atoms with Gasteiger partial charge in [-0.1, -0.05) is 53.6 Å². The summed E-state index contributed by atoms with van der Waals surface area (Å²) in [6.07, 6.45) is 0.890. The predicted octanol–water partition coefficient (Wildman–Crippen LogP) is 3.82. The molecule has 3 heterocycles. The number of aliphatic imine (C=N–C) groups is 1. The summed E-state index contributed by atoms with van der Waals surface area (Å²) in [4.78, 5) is 24.7. The van der Waals surface area contributed by atoms with Gasteiger partial charge in [0.25, 0.3) is 5.91 Å². The Morgan fingerprint density at radius 2 is 1.87 bits per heavy atom. The van der Waals surface area contributed by atoms with Crippen molar-refractivity contribution >= 4 is 23.5 Å². The molecule has 5 nitrogen and oxygen atoms in total. The molecule has 30 heavy (non-hydrogen) atoms. The topological polar surface area (TPSA) is 39.2 Å². The van der Waals surface area contributed by atoms with Gasteiger partial charge in [-0.3, -0.25) is 19.6 Å². The number of benzene rings is 2. The van der Waals surface area contributed by atoms with Crippen molar-refractivity contribution in [1.82, 2.24) is 14.7 Å². The molecule has 6 heteroatoms. The molecule has 0 radical (unpaired) electrons. The van der Waals surface area contributed by atoms with E-state index in [9.17, 15) is 4.79 Å². The third-order valence-corrected chi connectivity index (χ3v) is 6.28. The van der Waals surface area contributed by atoms with Gasteiger partial charge in [0.15, 0.2) is 0 Å². The molecule has 0 N–H and O–H groups in total. The van der Waals surface area contributed by atoms with Crippen LogP contribution < -0.4 is 0 Å². The van der Waals surface area contributed by atoms with E-state index in [4.69, 9.17) is 11.6 Å². The molecule has 0 saturated heterocycles. The summed E-state index contributed by atoms with van der Waals surface area (Å²) < 4.78 is 0. The van der Waals surface area contributed by atoms with Crippen molar-refractivity contribution < 1.29 is 4.79 Å². The quantitative estimate of drug-likeness (QED) is 0.754. The number of aryl methyl sites for hydroxylation is 1. The highest BCUT2D eigenvalue weighted by Crippen LogP contribution is 2.32. The highest BCUT2D eigenvalue weighted by Gasteiger charge is 2.40. The molecule has 3 aliphatic rings. The largest absolute Gasteiger partial charge is 0.314 e. The van der Waals surface area contributed by atoms with Gasteiger partial charge in [0.1, 0.15) is 0 Å². The fourth-order valence-electron chi connectivity index (χ4n) is 4.59. The summed E-state index contributed by atoms with van der Waals surface area (Å²) in [7, 11) is 0. The Labute approximate surface area is 182 Å². The zero-order chi connectivity index (χ0) is 20.7. The molecular weight excluding hydrogens is 396 g/mol. The molecular formula is C24H25ClN4O. The van der Waals surface area contributed by atoms with Crippen molar-refractivity contribution in [2.24, 2.45) is 4.99 Å². The Balaban J connectivity index is 1.39. The van der Waals surface area contributed by atoms with Crippen LogP contribution in [0.4, 0.5) is 0 Å². The third kappa shape index (κ3) is 3.64. The maximum atomic E-state index is 13.5. The van der Waals surface area contributed by atoms with Crippen molar-refractivity contribution in [1.29, 1.82) is 0 Å². The van der Waals surface area contributed by atoms with Gasteiger partial charge in [-0.15, -0.1) is 0 Å². The number of fused-ring (bicyclic) bond motifs is 2. The predicted molar refractivity (Wildman–Crippen MR) is 119 cm³/mol. The summed E-state index contributed by atoms with van der Waals surface area (Å²) in [5.41, 5.74) is 5.71. The SMILES string of the molecule is Cc1cccc(CN2CCC3=C(C2)C(=O)N(Cc2ccc(Cl)cc2)C2=NCCN23)c1. The van der Waals surface area contributed by atoms with Crippen LogP contribution in [-0.2, 0) is 17.9 Å². The van der Waals surface area contributed by atoms with Gasteiger partial charge >= 0.3 is 0 Å². The molecule has 2 aromatic carbocycles. The van der Waals surface area contributed by atoms with Gasteiger partial charge in [-0.25, -0.2) is 0 Å². The van der Waals surface area contributed by atoms with Crippen LogP contribution in [0.3, 0.4) is 0 Å². The minimum Gasteiger partial charge on any atom is -0.314 e. The average Bonchev–Trinajstić information content (AvgIpc) is 3.22. The molecule has 0 saturated carbocycles. The fourth-order valence-corrected chi connectivity index (χ4v) is 4.72. The van der Waals surface area contributed by atoms with Gasteiger partial charge in [0, 0.05) is 43.3 Å². The first-order chi connectivity index (χ1) is 14.6. The number of hydrogen-bond acceptors (Lipinski definition) is 4. The van der Waals surface area contributed by atoms with Gasteiger partial charge in [-0.2, -0.15) is 0 Å². The van der Waals surface area contributed by atoms with E-state index in [1.165, 1.54) is 16.8 Å². The molecule has 0 aromatic heterocycles. The minimum absolute atomic E-state index is 0.0887. The summed E-state index contributed by atoms with van der Waals surface area (Å²) in [6.45, 7) is 6.74. The number of halogens is 1. The van der Waals surface area contributed by atoms with E-state index < -0.39 is 0 Å². The second-order valence-corrected chi connectivity index (χ2v) is 8.66. The zero-order valence-corrected chi connectivity index (χ0v) is 17.9. The van der Waals surface area contributed by atoms with Crippen LogP contribution in [0.25, 0.3) is 0 Å². The Hall–Kier alpha value is -2.63. The van der Waals surface area contributed by atoms with E-state index in [0.29, 0.717) is 18.1 Å². The smallest absolute Gasteiger partial charge is 0.259 e. The number of hydrogen-bond donors (Lipinski definition) is 0. The second-order valence-electron chi connectivity index (χ2n) is 8.23. The van der Waals surface area contributed by atoms with Crippen LogP contribution in [0.2, 0.25) is 5.02 Å². The van der Waals surface area contributed by atoms with Crippen molar-refractivity contribution in [2.45, 2.75) is 26.4 Å². The number of guanidine groups is 1. The number of amides is 1. The van der Waals surface area contributed by atoms with E-state index in [1.807, 2.05) is 29.2 Å². The van der Waals surface area contributed by atoms with Gasteiger partial charge in [-0.05, 0) is 30.2 Å². The lowest BCUT2D eigenvalue weighted by Crippen LogP contribution is -2.53. The van der Waals surface area contributed by atoms with Crippen LogP contribution in [0.5, 0.6) is 0 Å². The second kappa shape index (κ2) is 7.89. The van der Waals surface area contributed by atoms with Crippen molar-refractivity contribution in [2.75, 3.05) is 26.2 Å². The maximum Gasteiger partial charge on any atom is 0.259 e. The summed E-state index contributed by atoms with van der Waals surface area (Å²) in [6, 6.07) is 16.3. The fraction of sp³-hybridized carbons (Fsp3) is 0.333. The molecule has 0 spiro atoms. The number of rotatable bonds is 4. The summed E-state index contributed by atoms with van der Waals surface area (Å²) >= 11 is 6.03. The standard InChI is InChI=1S/C24H25ClN4O/c1-17-3-2-4-19(13-17)14-27-11-9-22-21(16-27)23(30)29(24-26-10-12-28(22)24)15-18-5-7-20(25)8-6-18/h2-8,13H,9-12,14-16H2,1H3. The minimum atomic E-state index is 0.0887. The van der Waals surface area contributed by atoms with Crippen molar-refractivity contribution in [3.8, 4) is 0 Å². The Bertz CT molecular complexity index is 1040. The Morgan fingerprint density at radius 3 is 2.67 bits per heavy atom. The number of carbonyl (C=O) groups is 1. The molecule has 0 aliphatic carbocycles. The van der Waals surface area contributed by atoms with Crippen LogP contribution in [-0.4, -0.2) is 52.7 Å². The molecule has 0 unspecified atom stereocenters. The molecule has 1 amide bonds. The molecule has 3 aliphatic heterocycles. The van der Waals surface area contributed by atoms with Crippen LogP contribution in [0.1, 0.15) is 23.1 Å². The molecule has 0 fully saturated rings. The van der Waals surface area contributed by atoms with Gasteiger partial charge in [0.05, 0.1) is 18.7 Å². The van der Waals surface area contributed by atoms with E-state index in [0.717, 1.165) is 49.7 Å². The molecule has 2 aromatic rings. The lowest BCUT2D eigenvalue weighted by molar-refractivity contribution is -0.125. The van der Waals surface area contributed by atoms with E-state index in [1.54, 1.807) is 0 Å². The van der Waals surface area contributed by atoms with E-state index in [-0.39, 0.29) is 5.91 Å². The normalized spacial score (nSPS) is 19.1. The summed E-state index contributed by atoms with van der Waals surface area (Å²) in [5.74, 6) is 0.895. The van der Waals surface area contributed by atoms with Gasteiger partial charge < -0.3 is 4.90 Å². The van der Waals surface area contributed by atoms with Gasteiger partial charge in [0.2, 0.25) is 5.96 Å². The highest BCUT2D eigenvalue weighted by atomic mass is 35.5. The van der Waals surface area contributed by atoms with E-state index >= 15 is 0 Å². The van der Waals surface area contributed by atoms with Crippen molar-refractivity contribution in [3.05, 3.63) is 81.5 Å². The zero-order valence-electron chi connectivity index (χ0n) is 17.1. The van der Waals surface area contributed by atoms with Crippen LogP contribution >= 0.6 is 11.6 Å². The number of nitrogens with zero attached hydrogens (tertiary/aromatic N) is 4. The highest BCUT2D eigenvalue weighted by molar-refractivity contribution is 6.30. The molecule has 0 bridgehead atoms. The lowest BCUT2D eigenvalue weighted by atomic mass is 10.00. The lowest BCUT2D eigenvalue weighted by Gasteiger charge is -2.42. The van der Waals surface area contributed by atoms with Crippen LogP contribution in [0, 0.1) is 6.92 Å². The number of carbonyl (C=O) groups excluding carboxylic acids is 1. The molecule has 5 rings (SSSR count). The first kappa shape index (κ1) is 19.3. The first-order valence-electron chi connectivity index (χ1n) is 10.5. The monoisotopic (exact) mass is 420 g/mol. The maximum absolute atomic E-state index is 13.5. The Kier molecular flexibility index (Phi) is 5.09. The molecule has 154 valence electrons. The Morgan fingerprint density at radius 1 is 1.03 bits per heavy atom. The average molecular weight is 421 g/mol. The molecule has 0 atom stereocenters. The first-order valence-corrected chi connectivity index (χ1v) is 10.8. The van der Waals surface area contributed by atoms with Crippen molar-refractivity contribution in [3.63, 3.8) is 0 Å². The van der Waals surface area contributed by atoms with Crippen LogP contribution in [0.15, 0.2) is 64.8 Å². The summed E-state index contributed by atoms with van der Waals surface area (Å²) in [5, 5.41) is 0.701. The third-order valence-electron chi connectivity index (χ3n) is 6.03.